The zero-order valence-corrected chi connectivity index (χ0v) is 10.9. The zero-order valence-electron chi connectivity index (χ0n) is 10.1. The zero-order chi connectivity index (χ0) is 13.9. The van der Waals surface area contributed by atoms with E-state index in [0.29, 0.717) is 5.69 Å². The first kappa shape index (κ1) is 13.2. The summed E-state index contributed by atoms with van der Waals surface area (Å²) in [7, 11) is -3.46. The van der Waals surface area contributed by atoms with E-state index in [0.717, 1.165) is 6.26 Å². The molecule has 0 aliphatic heterocycles. The molecule has 6 nitrogen and oxygen atoms in total. The molecule has 0 aliphatic carbocycles. The largest absolute Gasteiger partial charge is 0.322 e. The van der Waals surface area contributed by atoms with Gasteiger partial charge in [0, 0.05) is 24.3 Å². The van der Waals surface area contributed by atoms with Gasteiger partial charge in [0.2, 0.25) is 15.0 Å². The van der Waals surface area contributed by atoms with Crippen molar-refractivity contribution in [2.75, 3.05) is 11.6 Å². The Labute approximate surface area is 110 Å². The van der Waals surface area contributed by atoms with Crippen LogP contribution in [-0.4, -0.2) is 30.5 Å². The van der Waals surface area contributed by atoms with Gasteiger partial charge in [0.05, 0.1) is 5.56 Å². The minimum absolute atomic E-state index is 0.191. The van der Waals surface area contributed by atoms with Gasteiger partial charge in [-0.1, -0.05) is 18.2 Å². The van der Waals surface area contributed by atoms with Crippen molar-refractivity contribution in [1.29, 1.82) is 0 Å². The van der Waals surface area contributed by atoms with Crippen molar-refractivity contribution in [3.8, 4) is 0 Å². The van der Waals surface area contributed by atoms with Crippen LogP contribution < -0.4 is 5.32 Å². The van der Waals surface area contributed by atoms with Crippen LogP contribution in [0.15, 0.2) is 47.9 Å². The van der Waals surface area contributed by atoms with Gasteiger partial charge in [-0.25, -0.2) is 18.4 Å². The quantitative estimate of drug-likeness (QED) is 0.849. The SMILES string of the molecule is CS(=O)(=O)c1ncc(C(=O)Nc2ccccc2)cn1. The van der Waals surface area contributed by atoms with Crippen molar-refractivity contribution in [1.82, 2.24) is 9.97 Å². The highest BCUT2D eigenvalue weighted by Crippen LogP contribution is 2.08. The molecule has 1 N–H and O–H groups in total. The fourth-order valence-corrected chi connectivity index (χ4v) is 1.84. The summed E-state index contributed by atoms with van der Waals surface area (Å²) in [6.07, 6.45) is 3.37. The minimum atomic E-state index is -3.46. The molecule has 1 heterocycles. The number of para-hydroxylation sites is 1. The lowest BCUT2D eigenvalue weighted by atomic mass is 10.3. The highest BCUT2D eigenvalue weighted by atomic mass is 32.2. The second-order valence-corrected chi connectivity index (χ2v) is 5.76. The second kappa shape index (κ2) is 5.15. The number of rotatable bonds is 3. The number of benzene rings is 1. The standard InChI is InChI=1S/C12H11N3O3S/c1-19(17,18)12-13-7-9(8-14-12)11(16)15-10-5-3-2-4-6-10/h2-8H,1H3,(H,15,16). The van der Waals surface area contributed by atoms with Crippen LogP contribution in [0.2, 0.25) is 0 Å². The average Bonchev–Trinajstić information content (AvgIpc) is 2.39. The molecule has 0 unspecified atom stereocenters. The van der Waals surface area contributed by atoms with Crippen LogP contribution in [0.25, 0.3) is 0 Å². The van der Waals surface area contributed by atoms with Crippen LogP contribution in [0.4, 0.5) is 5.69 Å². The van der Waals surface area contributed by atoms with Crippen molar-refractivity contribution in [2.45, 2.75) is 5.16 Å². The Morgan fingerprint density at radius 2 is 1.68 bits per heavy atom. The van der Waals surface area contributed by atoms with E-state index in [1.807, 2.05) is 6.07 Å². The number of anilines is 1. The summed E-state index contributed by atoms with van der Waals surface area (Å²) in [6, 6.07) is 8.89. The maximum atomic E-state index is 11.8. The Bertz CT molecular complexity index is 682. The van der Waals surface area contributed by atoms with Crippen LogP contribution in [-0.2, 0) is 9.84 Å². The smallest absolute Gasteiger partial charge is 0.258 e. The lowest BCUT2D eigenvalue weighted by molar-refractivity contribution is 0.102. The number of carbonyl (C=O) groups excluding carboxylic acids is 1. The van der Waals surface area contributed by atoms with Crippen molar-refractivity contribution < 1.29 is 13.2 Å². The predicted octanol–water partition coefficient (Wildman–Crippen LogP) is 1.13. The Kier molecular flexibility index (Phi) is 3.57. The molecule has 0 spiro atoms. The van der Waals surface area contributed by atoms with Crippen molar-refractivity contribution in [3.63, 3.8) is 0 Å². The molecule has 7 heteroatoms. The van der Waals surface area contributed by atoms with E-state index in [4.69, 9.17) is 0 Å². The monoisotopic (exact) mass is 277 g/mol. The molecular formula is C12H11N3O3S. The van der Waals surface area contributed by atoms with Crippen LogP contribution in [0.1, 0.15) is 10.4 Å². The first-order valence-electron chi connectivity index (χ1n) is 5.35. The van der Waals surface area contributed by atoms with Gasteiger partial charge >= 0.3 is 0 Å². The molecule has 19 heavy (non-hydrogen) atoms. The third-order valence-electron chi connectivity index (χ3n) is 2.25. The number of amides is 1. The van der Waals surface area contributed by atoms with E-state index >= 15 is 0 Å². The molecule has 2 aromatic rings. The molecule has 0 saturated heterocycles. The van der Waals surface area contributed by atoms with Crippen molar-refractivity contribution >= 4 is 21.4 Å². The number of nitrogens with zero attached hydrogens (tertiary/aromatic N) is 2. The van der Waals surface area contributed by atoms with Gasteiger partial charge in [0.25, 0.3) is 5.91 Å². The first-order valence-corrected chi connectivity index (χ1v) is 7.24. The molecular weight excluding hydrogens is 266 g/mol. The Morgan fingerprint density at radius 1 is 1.11 bits per heavy atom. The molecule has 0 fully saturated rings. The molecule has 2 rings (SSSR count). The minimum Gasteiger partial charge on any atom is -0.322 e. The van der Waals surface area contributed by atoms with E-state index < -0.39 is 15.7 Å². The third kappa shape index (κ3) is 3.35. The van der Waals surface area contributed by atoms with Crippen LogP contribution >= 0.6 is 0 Å². The van der Waals surface area contributed by atoms with Crippen molar-refractivity contribution in [3.05, 3.63) is 48.3 Å². The summed E-state index contributed by atoms with van der Waals surface area (Å²) >= 11 is 0. The summed E-state index contributed by atoms with van der Waals surface area (Å²) in [6.45, 7) is 0. The lowest BCUT2D eigenvalue weighted by Gasteiger charge is -2.04. The molecule has 0 aliphatic rings. The summed E-state index contributed by atoms with van der Waals surface area (Å²) < 4.78 is 22.4. The van der Waals surface area contributed by atoms with E-state index in [1.54, 1.807) is 24.3 Å². The van der Waals surface area contributed by atoms with Gasteiger partial charge in [-0.3, -0.25) is 4.79 Å². The maximum absolute atomic E-state index is 11.8. The van der Waals surface area contributed by atoms with Gasteiger partial charge in [0.1, 0.15) is 0 Å². The molecule has 1 aromatic carbocycles. The lowest BCUT2D eigenvalue weighted by Crippen LogP contribution is -2.14. The number of hydrogen-bond donors (Lipinski definition) is 1. The Hall–Kier alpha value is -2.28. The number of aromatic nitrogens is 2. The molecule has 0 radical (unpaired) electrons. The summed E-state index contributed by atoms with van der Waals surface area (Å²) in [5.74, 6) is -0.397. The van der Waals surface area contributed by atoms with E-state index in [9.17, 15) is 13.2 Å². The van der Waals surface area contributed by atoms with E-state index in [2.05, 4.69) is 15.3 Å². The van der Waals surface area contributed by atoms with E-state index in [1.165, 1.54) is 12.4 Å². The van der Waals surface area contributed by atoms with Gasteiger partial charge in [-0.05, 0) is 12.1 Å². The fraction of sp³-hybridized carbons (Fsp3) is 0.0833. The predicted molar refractivity (Wildman–Crippen MR) is 69.5 cm³/mol. The van der Waals surface area contributed by atoms with Gasteiger partial charge < -0.3 is 5.32 Å². The molecule has 1 aromatic heterocycles. The number of carbonyl (C=O) groups is 1. The molecule has 98 valence electrons. The summed E-state index contributed by atoms with van der Waals surface area (Å²) in [4.78, 5) is 19.1. The summed E-state index contributed by atoms with van der Waals surface area (Å²) in [5, 5.41) is 2.35. The highest BCUT2D eigenvalue weighted by molar-refractivity contribution is 7.90. The van der Waals surface area contributed by atoms with Crippen LogP contribution in [0.3, 0.4) is 0 Å². The Morgan fingerprint density at radius 3 is 2.21 bits per heavy atom. The number of sulfone groups is 1. The number of nitrogens with one attached hydrogen (secondary N) is 1. The number of hydrogen-bond acceptors (Lipinski definition) is 5. The van der Waals surface area contributed by atoms with E-state index in [-0.39, 0.29) is 10.7 Å². The fourth-order valence-electron chi connectivity index (χ4n) is 1.35. The van der Waals surface area contributed by atoms with Crippen LogP contribution in [0, 0.1) is 0 Å². The average molecular weight is 277 g/mol. The van der Waals surface area contributed by atoms with Gasteiger partial charge in [0.15, 0.2) is 0 Å². The van der Waals surface area contributed by atoms with Gasteiger partial charge in [-0.2, -0.15) is 0 Å². The second-order valence-electron chi connectivity index (χ2n) is 3.85. The van der Waals surface area contributed by atoms with Gasteiger partial charge in [-0.15, -0.1) is 0 Å². The molecule has 0 saturated carbocycles. The molecule has 0 bridgehead atoms. The maximum Gasteiger partial charge on any atom is 0.258 e. The molecule has 1 amide bonds. The Balaban J connectivity index is 2.17. The highest BCUT2D eigenvalue weighted by Gasteiger charge is 2.13. The third-order valence-corrected chi connectivity index (χ3v) is 3.13. The first-order chi connectivity index (χ1) is 8.97. The molecule has 0 atom stereocenters. The topological polar surface area (TPSA) is 89.0 Å². The van der Waals surface area contributed by atoms with Crippen LogP contribution in [0.5, 0.6) is 0 Å². The summed E-state index contributed by atoms with van der Waals surface area (Å²) in [5.41, 5.74) is 0.830. The van der Waals surface area contributed by atoms with Crippen molar-refractivity contribution in [2.24, 2.45) is 0 Å². The normalized spacial score (nSPS) is 11.0.